The number of nitrogens with one attached hydrogen (secondary N) is 1. The quantitative estimate of drug-likeness (QED) is 0.855. The summed E-state index contributed by atoms with van der Waals surface area (Å²) < 4.78 is 1.82. The second-order valence-electron chi connectivity index (χ2n) is 5.26. The normalized spacial score (nSPS) is 13.7. The zero-order valence-corrected chi connectivity index (χ0v) is 12.5. The molecule has 0 saturated carbocycles. The molecule has 3 N–H and O–H groups in total. The molecule has 5 nitrogen and oxygen atoms in total. The summed E-state index contributed by atoms with van der Waals surface area (Å²) in [5.74, 6) is 0.0144. The van der Waals surface area contributed by atoms with Crippen molar-refractivity contribution in [3.05, 3.63) is 48.3 Å². The highest BCUT2D eigenvalue weighted by molar-refractivity contribution is 5.95. The molecule has 0 aliphatic carbocycles. The highest BCUT2D eigenvalue weighted by Gasteiger charge is 2.20. The zero-order chi connectivity index (χ0) is 15.2. The van der Waals surface area contributed by atoms with E-state index in [9.17, 15) is 4.79 Å². The maximum atomic E-state index is 12.2. The predicted molar refractivity (Wildman–Crippen MR) is 83.8 cm³/mol. The van der Waals surface area contributed by atoms with E-state index in [-0.39, 0.29) is 11.8 Å². The van der Waals surface area contributed by atoms with E-state index in [2.05, 4.69) is 10.4 Å². The molecule has 1 aromatic carbocycles. The molecule has 21 heavy (non-hydrogen) atoms. The minimum atomic E-state index is -0.493. The Bertz CT molecular complexity index is 580. The van der Waals surface area contributed by atoms with Crippen LogP contribution in [-0.4, -0.2) is 21.7 Å². The van der Waals surface area contributed by atoms with Gasteiger partial charge in [-0.2, -0.15) is 5.10 Å². The maximum Gasteiger partial charge on any atom is 0.241 e. The smallest absolute Gasteiger partial charge is 0.241 e. The van der Waals surface area contributed by atoms with Crippen molar-refractivity contribution in [3.8, 4) is 0 Å². The lowest BCUT2D eigenvalue weighted by molar-refractivity contribution is -0.118. The molecule has 2 atom stereocenters. The van der Waals surface area contributed by atoms with Gasteiger partial charge in [0, 0.05) is 18.1 Å². The van der Waals surface area contributed by atoms with Crippen molar-refractivity contribution >= 4 is 11.6 Å². The third kappa shape index (κ3) is 3.92. The van der Waals surface area contributed by atoms with Gasteiger partial charge in [-0.05, 0) is 23.6 Å². The SMILES string of the molecule is CCC(C)C(N)C(=O)Nc1ccccc1Cn1cccn1. The number of nitrogens with zero attached hydrogens (tertiary/aromatic N) is 2. The summed E-state index contributed by atoms with van der Waals surface area (Å²) in [6.45, 7) is 4.63. The fourth-order valence-corrected chi connectivity index (χ4v) is 2.08. The number of amides is 1. The summed E-state index contributed by atoms with van der Waals surface area (Å²) in [5, 5.41) is 7.12. The van der Waals surface area contributed by atoms with Gasteiger partial charge in [-0.25, -0.2) is 0 Å². The van der Waals surface area contributed by atoms with E-state index in [0.29, 0.717) is 6.54 Å². The number of anilines is 1. The lowest BCUT2D eigenvalue weighted by atomic mass is 9.99. The van der Waals surface area contributed by atoms with E-state index < -0.39 is 6.04 Å². The fraction of sp³-hybridized carbons (Fsp3) is 0.375. The third-order valence-corrected chi connectivity index (χ3v) is 3.73. The highest BCUT2D eigenvalue weighted by atomic mass is 16.2. The number of benzene rings is 1. The monoisotopic (exact) mass is 286 g/mol. The van der Waals surface area contributed by atoms with Crippen molar-refractivity contribution in [1.29, 1.82) is 0 Å². The Morgan fingerprint density at radius 1 is 1.38 bits per heavy atom. The van der Waals surface area contributed by atoms with Crippen LogP contribution in [0.5, 0.6) is 0 Å². The van der Waals surface area contributed by atoms with Crippen molar-refractivity contribution < 1.29 is 4.79 Å². The maximum absolute atomic E-state index is 12.2. The topological polar surface area (TPSA) is 72.9 Å². The molecule has 112 valence electrons. The van der Waals surface area contributed by atoms with Crippen LogP contribution in [0.25, 0.3) is 0 Å². The summed E-state index contributed by atoms with van der Waals surface area (Å²) in [6.07, 6.45) is 4.51. The minimum absolute atomic E-state index is 0.141. The number of hydrogen-bond donors (Lipinski definition) is 2. The first kappa shape index (κ1) is 15.3. The van der Waals surface area contributed by atoms with Gasteiger partial charge in [-0.3, -0.25) is 9.48 Å². The van der Waals surface area contributed by atoms with Gasteiger partial charge in [-0.1, -0.05) is 38.5 Å². The van der Waals surface area contributed by atoms with E-state index in [1.54, 1.807) is 6.20 Å². The van der Waals surface area contributed by atoms with Crippen LogP contribution in [0.1, 0.15) is 25.8 Å². The number of carbonyl (C=O) groups is 1. The van der Waals surface area contributed by atoms with Gasteiger partial charge in [0.25, 0.3) is 0 Å². The molecule has 0 saturated heterocycles. The first-order valence-electron chi connectivity index (χ1n) is 7.23. The van der Waals surface area contributed by atoms with E-state index in [0.717, 1.165) is 17.7 Å². The minimum Gasteiger partial charge on any atom is -0.324 e. The van der Waals surface area contributed by atoms with Gasteiger partial charge >= 0.3 is 0 Å². The van der Waals surface area contributed by atoms with Crippen LogP contribution in [0.2, 0.25) is 0 Å². The zero-order valence-electron chi connectivity index (χ0n) is 12.5. The van der Waals surface area contributed by atoms with E-state index in [1.165, 1.54) is 0 Å². The average molecular weight is 286 g/mol. The van der Waals surface area contributed by atoms with Crippen LogP contribution < -0.4 is 11.1 Å². The van der Waals surface area contributed by atoms with Crippen molar-refractivity contribution in [1.82, 2.24) is 9.78 Å². The summed E-state index contributed by atoms with van der Waals surface area (Å²) in [4.78, 5) is 12.2. The molecule has 0 aliphatic heterocycles. The molecule has 1 heterocycles. The van der Waals surface area contributed by atoms with Crippen LogP contribution in [-0.2, 0) is 11.3 Å². The van der Waals surface area contributed by atoms with Crippen molar-refractivity contribution in [2.45, 2.75) is 32.9 Å². The van der Waals surface area contributed by atoms with Crippen molar-refractivity contribution in [2.24, 2.45) is 11.7 Å². The first-order valence-corrected chi connectivity index (χ1v) is 7.23. The third-order valence-electron chi connectivity index (χ3n) is 3.73. The van der Waals surface area contributed by atoms with Crippen LogP contribution in [0, 0.1) is 5.92 Å². The number of carbonyl (C=O) groups excluding carboxylic acids is 1. The first-order chi connectivity index (χ1) is 10.1. The molecular weight excluding hydrogens is 264 g/mol. The lowest BCUT2D eigenvalue weighted by Gasteiger charge is -2.19. The molecule has 2 aromatic rings. The molecule has 1 aromatic heterocycles. The number of nitrogens with two attached hydrogens (primary N) is 1. The molecule has 0 fully saturated rings. The average Bonchev–Trinajstić information content (AvgIpc) is 3.00. The Hall–Kier alpha value is -2.14. The highest BCUT2D eigenvalue weighted by Crippen LogP contribution is 2.17. The van der Waals surface area contributed by atoms with Gasteiger partial charge < -0.3 is 11.1 Å². The fourth-order valence-electron chi connectivity index (χ4n) is 2.08. The Balaban J connectivity index is 2.11. The van der Waals surface area contributed by atoms with Crippen molar-refractivity contribution in [3.63, 3.8) is 0 Å². The van der Waals surface area contributed by atoms with Crippen LogP contribution >= 0.6 is 0 Å². The Labute approximate surface area is 125 Å². The summed E-state index contributed by atoms with van der Waals surface area (Å²) in [7, 11) is 0. The number of aromatic nitrogens is 2. The van der Waals surface area contributed by atoms with Gasteiger partial charge in [0.2, 0.25) is 5.91 Å². The molecule has 5 heteroatoms. The molecule has 1 amide bonds. The molecule has 0 bridgehead atoms. The second-order valence-corrected chi connectivity index (χ2v) is 5.26. The Morgan fingerprint density at radius 3 is 2.81 bits per heavy atom. The molecule has 2 rings (SSSR count). The Morgan fingerprint density at radius 2 is 2.14 bits per heavy atom. The molecule has 2 unspecified atom stereocenters. The summed E-state index contributed by atoms with van der Waals surface area (Å²) in [5.41, 5.74) is 7.77. The number of hydrogen-bond acceptors (Lipinski definition) is 3. The van der Waals surface area contributed by atoms with Gasteiger partial charge in [0.15, 0.2) is 0 Å². The van der Waals surface area contributed by atoms with E-state index >= 15 is 0 Å². The second kappa shape index (κ2) is 7.04. The largest absolute Gasteiger partial charge is 0.324 e. The number of para-hydroxylation sites is 1. The van der Waals surface area contributed by atoms with Gasteiger partial charge in [0.05, 0.1) is 12.6 Å². The summed E-state index contributed by atoms with van der Waals surface area (Å²) in [6, 6.07) is 9.10. The van der Waals surface area contributed by atoms with Crippen LogP contribution in [0.4, 0.5) is 5.69 Å². The van der Waals surface area contributed by atoms with Crippen LogP contribution in [0.3, 0.4) is 0 Å². The predicted octanol–water partition coefficient (Wildman–Crippen LogP) is 2.24. The van der Waals surface area contributed by atoms with Crippen molar-refractivity contribution in [2.75, 3.05) is 5.32 Å². The molecular formula is C16H22N4O. The molecule has 0 spiro atoms. The Kier molecular flexibility index (Phi) is 5.11. The summed E-state index contributed by atoms with van der Waals surface area (Å²) >= 11 is 0. The van der Waals surface area contributed by atoms with E-state index in [1.807, 2.05) is 55.1 Å². The molecule has 0 aliphatic rings. The molecule has 0 radical (unpaired) electrons. The lowest BCUT2D eigenvalue weighted by Crippen LogP contribution is -2.40. The standard InChI is InChI=1S/C16H22N4O/c1-3-12(2)15(17)16(21)19-14-8-5-4-7-13(14)11-20-10-6-9-18-20/h4-10,12,15H,3,11,17H2,1-2H3,(H,19,21). The number of rotatable bonds is 6. The van der Waals surface area contributed by atoms with Gasteiger partial charge in [-0.15, -0.1) is 0 Å². The van der Waals surface area contributed by atoms with Gasteiger partial charge in [0.1, 0.15) is 0 Å². The van der Waals surface area contributed by atoms with E-state index in [4.69, 9.17) is 5.73 Å². The van der Waals surface area contributed by atoms with Crippen LogP contribution in [0.15, 0.2) is 42.7 Å².